The lowest BCUT2D eigenvalue weighted by Crippen LogP contribution is -2.35. The molecular weight excluding hydrogens is 234 g/mol. The number of nitrogens with zero attached hydrogens (tertiary/aromatic N) is 2. The van der Waals surface area contributed by atoms with Crippen LogP contribution in [0, 0.1) is 6.92 Å². The van der Waals surface area contributed by atoms with Gasteiger partial charge in [0.15, 0.2) is 0 Å². The topological polar surface area (TPSA) is 31.9 Å². The minimum absolute atomic E-state index is 0.604. The average Bonchev–Trinajstić information content (AvgIpc) is 2.87. The zero-order valence-corrected chi connectivity index (χ0v) is 11.9. The molecule has 0 saturated heterocycles. The molecule has 1 aromatic heterocycles. The van der Waals surface area contributed by atoms with Gasteiger partial charge >= 0.3 is 0 Å². The van der Waals surface area contributed by atoms with Crippen LogP contribution in [0.25, 0.3) is 16.5 Å². The number of aromatic amines is 1. The third-order valence-electron chi connectivity index (χ3n) is 4.06. The molecule has 1 aromatic carbocycles. The molecule has 2 aromatic rings. The molecule has 100 valence electrons. The minimum atomic E-state index is 0.604. The summed E-state index contributed by atoms with van der Waals surface area (Å²) in [5.41, 5.74) is 5.29. The number of H-pyrrole nitrogens is 1. The maximum atomic E-state index is 4.19. The van der Waals surface area contributed by atoms with Crippen LogP contribution < -0.4 is 0 Å². The third kappa shape index (κ3) is 2.19. The fourth-order valence-electron chi connectivity index (χ4n) is 2.94. The highest BCUT2D eigenvalue weighted by atomic mass is 15.1. The Bertz CT molecular complexity index is 622. The van der Waals surface area contributed by atoms with E-state index in [4.69, 9.17) is 0 Å². The van der Waals surface area contributed by atoms with Crippen LogP contribution in [0.3, 0.4) is 0 Å². The van der Waals surface area contributed by atoms with E-state index in [1.54, 1.807) is 0 Å². The van der Waals surface area contributed by atoms with Gasteiger partial charge in [-0.2, -0.15) is 5.10 Å². The normalized spacial score (nSPS) is 17.2. The van der Waals surface area contributed by atoms with E-state index >= 15 is 0 Å². The second-order valence-electron chi connectivity index (χ2n) is 5.67. The number of fused-ring (bicyclic) bond motifs is 1. The van der Waals surface area contributed by atoms with E-state index in [9.17, 15) is 0 Å². The standard InChI is InChI=1S/C16H21N3/c1-11(2)19-8-4-5-13(10-19)16-12(3)6-7-15-14(16)9-17-18-15/h5-7,9,11H,4,8,10H2,1-3H3,(H,17,18). The van der Waals surface area contributed by atoms with Crippen molar-refractivity contribution in [1.29, 1.82) is 0 Å². The van der Waals surface area contributed by atoms with Gasteiger partial charge in [0.1, 0.15) is 0 Å². The summed E-state index contributed by atoms with van der Waals surface area (Å²) in [5, 5.41) is 8.50. The van der Waals surface area contributed by atoms with Crippen molar-refractivity contribution >= 4 is 16.5 Å². The van der Waals surface area contributed by atoms with Crippen molar-refractivity contribution in [3.8, 4) is 0 Å². The predicted octanol–water partition coefficient (Wildman–Crippen LogP) is 3.37. The van der Waals surface area contributed by atoms with Gasteiger partial charge in [-0.15, -0.1) is 0 Å². The smallest absolute Gasteiger partial charge is 0.0656 e. The molecule has 3 heteroatoms. The molecule has 3 rings (SSSR count). The largest absolute Gasteiger partial charge is 0.296 e. The van der Waals surface area contributed by atoms with E-state index in [0.29, 0.717) is 6.04 Å². The molecule has 3 nitrogen and oxygen atoms in total. The molecule has 0 radical (unpaired) electrons. The van der Waals surface area contributed by atoms with Gasteiger partial charge in [0, 0.05) is 24.5 Å². The van der Waals surface area contributed by atoms with Crippen molar-refractivity contribution in [2.24, 2.45) is 0 Å². The minimum Gasteiger partial charge on any atom is -0.296 e. The molecule has 0 fully saturated rings. The number of hydrogen-bond donors (Lipinski definition) is 1. The summed E-state index contributed by atoms with van der Waals surface area (Å²) in [4.78, 5) is 2.54. The summed E-state index contributed by atoms with van der Waals surface area (Å²) in [6.45, 7) is 8.95. The van der Waals surface area contributed by atoms with Crippen LogP contribution in [0.1, 0.15) is 31.4 Å². The first-order valence-corrected chi connectivity index (χ1v) is 7.03. The lowest BCUT2D eigenvalue weighted by Gasteiger charge is -2.31. The summed E-state index contributed by atoms with van der Waals surface area (Å²) < 4.78 is 0. The first kappa shape index (κ1) is 12.4. The Morgan fingerprint density at radius 1 is 1.32 bits per heavy atom. The van der Waals surface area contributed by atoms with Crippen LogP contribution in [0.2, 0.25) is 0 Å². The van der Waals surface area contributed by atoms with Gasteiger partial charge in [-0.3, -0.25) is 10.00 Å². The summed E-state index contributed by atoms with van der Waals surface area (Å²) in [7, 11) is 0. The molecule has 0 spiro atoms. The lowest BCUT2D eigenvalue weighted by atomic mass is 9.93. The molecule has 0 aliphatic carbocycles. The third-order valence-corrected chi connectivity index (χ3v) is 4.06. The Kier molecular flexibility index (Phi) is 3.15. The first-order chi connectivity index (χ1) is 9.16. The van der Waals surface area contributed by atoms with Crippen molar-refractivity contribution in [3.05, 3.63) is 35.5 Å². The fraction of sp³-hybridized carbons (Fsp3) is 0.438. The van der Waals surface area contributed by atoms with Crippen LogP contribution in [0.15, 0.2) is 24.4 Å². The van der Waals surface area contributed by atoms with Crippen LogP contribution >= 0.6 is 0 Å². The van der Waals surface area contributed by atoms with Crippen molar-refractivity contribution in [2.45, 2.75) is 33.2 Å². The van der Waals surface area contributed by atoms with Crippen molar-refractivity contribution in [3.63, 3.8) is 0 Å². The lowest BCUT2D eigenvalue weighted by molar-refractivity contribution is 0.248. The molecule has 2 heterocycles. The second kappa shape index (κ2) is 4.82. The molecular formula is C16H21N3. The summed E-state index contributed by atoms with van der Waals surface area (Å²) in [5.74, 6) is 0. The SMILES string of the molecule is Cc1ccc2[nH]ncc2c1C1=CCCN(C(C)C)C1. The Hall–Kier alpha value is -1.61. The van der Waals surface area contributed by atoms with Crippen LogP contribution in [0.4, 0.5) is 0 Å². The molecule has 19 heavy (non-hydrogen) atoms. The van der Waals surface area contributed by atoms with E-state index in [0.717, 1.165) is 18.5 Å². The quantitative estimate of drug-likeness (QED) is 0.892. The fourth-order valence-corrected chi connectivity index (χ4v) is 2.94. The van der Waals surface area contributed by atoms with Crippen LogP contribution in [0.5, 0.6) is 0 Å². The Labute approximate surface area is 114 Å². The highest BCUT2D eigenvalue weighted by Gasteiger charge is 2.19. The molecule has 1 N–H and O–H groups in total. The number of nitrogens with one attached hydrogen (secondary N) is 1. The predicted molar refractivity (Wildman–Crippen MR) is 80.1 cm³/mol. The molecule has 1 aliphatic heterocycles. The Balaban J connectivity index is 2.06. The van der Waals surface area contributed by atoms with Crippen molar-refractivity contribution in [1.82, 2.24) is 15.1 Å². The highest BCUT2D eigenvalue weighted by molar-refractivity contribution is 5.93. The molecule has 0 amide bonds. The molecule has 0 saturated carbocycles. The van der Waals surface area contributed by atoms with Crippen molar-refractivity contribution < 1.29 is 0 Å². The van der Waals surface area contributed by atoms with E-state index in [-0.39, 0.29) is 0 Å². The maximum absolute atomic E-state index is 4.19. The van der Waals surface area contributed by atoms with Gasteiger partial charge in [-0.05, 0) is 50.0 Å². The van der Waals surface area contributed by atoms with Gasteiger partial charge in [0.05, 0.1) is 11.7 Å². The summed E-state index contributed by atoms with van der Waals surface area (Å²) >= 11 is 0. The number of benzene rings is 1. The average molecular weight is 255 g/mol. The Morgan fingerprint density at radius 2 is 2.16 bits per heavy atom. The Morgan fingerprint density at radius 3 is 2.95 bits per heavy atom. The number of aryl methyl sites for hydroxylation is 1. The summed E-state index contributed by atoms with van der Waals surface area (Å²) in [6, 6.07) is 4.91. The molecule has 0 bridgehead atoms. The van der Waals surface area contributed by atoms with Gasteiger partial charge in [0.2, 0.25) is 0 Å². The number of aromatic nitrogens is 2. The highest BCUT2D eigenvalue weighted by Crippen LogP contribution is 2.30. The second-order valence-corrected chi connectivity index (χ2v) is 5.67. The van der Waals surface area contributed by atoms with Crippen molar-refractivity contribution in [2.75, 3.05) is 13.1 Å². The monoisotopic (exact) mass is 255 g/mol. The molecule has 0 unspecified atom stereocenters. The van der Waals surface area contributed by atoms with Crippen LogP contribution in [-0.2, 0) is 0 Å². The zero-order valence-electron chi connectivity index (χ0n) is 11.9. The molecule has 1 aliphatic rings. The molecule has 0 atom stereocenters. The van der Waals surface area contributed by atoms with E-state index in [1.165, 1.54) is 28.6 Å². The van der Waals surface area contributed by atoms with E-state index in [2.05, 4.69) is 54.1 Å². The summed E-state index contributed by atoms with van der Waals surface area (Å²) in [6.07, 6.45) is 5.49. The van der Waals surface area contributed by atoms with E-state index < -0.39 is 0 Å². The van der Waals surface area contributed by atoms with Gasteiger partial charge in [-0.25, -0.2) is 0 Å². The number of hydrogen-bond acceptors (Lipinski definition) is 2. The first-order valence-electron chi connectivity index (χ1n) is 7.03. The van der Waals surface area contributed by atoms with Crippen LogP contribution in [-0.4, -0.2) is 34.2 Å². The maximum Gasteiger partial charge on any atom is 0.0656 e. The van der Waals surface area contributed by atoms with Gasteiger partial charge in [0.25, 0.3) is 0 Å². The van der Waals surface area contributed by atoms with E-state index in [1.807, 2.05) is 6.20 Å². The number of rotatable bonds is 2. The van der Waals surface area contributed by atoms with Gasteiger partial charge in [-0.1, -0.05) is 12.1 Å². The zero-order chi connectivity index (χ0) is 13.4. The van der Waals surface area contributed by atoms with Gasteiger partial charge < -0.3 is 0 Å².